The molecule has 1 amide bonds. The van der Waals surface area contributed by atoms with Crippen molar-refractivity contribution in [2.24, 2.45) is 0 Å². The van der Waals surface area contributed by atoms with Crippen LogP contribution < -0.4 is 4.74 Å². The number of imidazole rings is 1. The molecule has 1 aliphatic heterocycles. The number of amides is 1. The molecule has 4 aromatic rings. The van der Waals surface area contributed by atoms with Crippen LogP contribution in [0.5, 0.6) is 5.75 Å². The molecule has 2 heterocycles. The maximum absolute atomic E-state index is 13.1. The first-order valence-electron chi connectivity index (χ1n) is 11.3. The van der Waals surface area contributed by atoms with E-state index in [-0.39, 0.29) is 11.7 Å². The molecule has 180 valence electrons. The molecular formula is C26H23F3N4O2. The van der Waals surface area contributed by atoms with Crippen LogP contribution in [-0.2, 0) is 6.54 Å². The highest BCUT2D eigenvalue weighted by atomic mass is 19.4. The van der Waals surface area contributed by atoms with Crippen molar-refractivity contribution in [2.45, 2.75) is 12.9 Å². The van der Waals surface area contributed by atoms with Crippen molar-refractivity contribution >= 4 is 16.9 Å². The summed E-state index contributed by atoms with van der Waals surface area (Å²) in [6.07, 6.45) is -4.72. The number of hydrogen-bond donors (Lipinski definition) is 1. The molecule has 3 aromatic carbocycles. The molecule has 0 spiro atoms. The molecule has 1 aromatic heterocycles. The first kappa shape index (κ1) is 22.9. The highest BCUT2D eigenvalue weighted by Crippen LogP contribution is 2.25. The number of ether oxygens (including phenoxy) is 1. The highest BCUT2D eigenvalue weighted by Gasteiger charge is 2.31. The topological polar surface area (TPSA) is 61.5 Å². The van der Waals surface area contributed by atoms with Crippen LogP contribution in [0.4, 0.5) is 13.2 Å². The third kappa shape index (κ3) is 5.46. The summed E-state index contributed by atoms with van der Waals surface area (Å²) in [5.74, 6) is 0.466. The third-order valence-electron chi connectivity index (χ3n) is 5.97. The highest BCUT2D eigenvalue weighted by molar-refractivity contribution is 5.97. The molecule has 5 rings (SSSR count). The fraction of sp³-hybridized carbons (Fsp3) is 0.231. The van der Waals surface area contributed by atoms with Gasteiger partial charge in [0.25, 0.3) is 5.91 Å². The molecule has 6 nitrogen and oxygen atoms in total. The summed E-state index contributed by atoms with van der Waals surface area (Å²) < 4.78 is 41.4. The number of piperazine rings is 1. The van der Waals surface area contributed by atoms with E-state index in [4.69, 9.17) is 0 Å². The average molecular weight is 480 g/mol. The van der Waals surface area contributed by atoms with Crippen molar-refractivity contribution in [3.63, 3.8) is 0 Å². The fourth-order valence-corrected chi connectivity index (χ4v) is 4.26. The zero-order chi connectivity index (χ0) is 24.4. The van der Waals surface area contributed by atoms with Crippen molar-refractivity contribution in [3.8, 4) is 17.1 Å². The number of nitrogens with one attached hydrogen (secondary N) is 1. The van der Waals surface area contributed by atoms with E-state index in [0.717, 1.165) is 28.0 Å². The zero-order valence-electron chi connectivity index (χ0n) is 18.8. The van der Waals surface area contributed by atoms with Crippen LogP contribution in [0.3, 0.4) is 0 Å². The number of nitrogens with zero attached hydrogens (tertiary/aromatic N) is 3. The van der Waals surface area contributed by atoms with Crippen LogP contribution in [0.1, 0.15) is 15.9 Å². The van der Waals surface area contributed by atoms with Gasteiger partial charge in [0, 0.05) is 43.9 Å². The molecule has 0 radical (unpaired) electrons. The zero-order valence-corrected chi connectivity index (χ0v) is 18.8. The molecule has 35 heavy (non-hydrogen) atoms. The van der Waals surface area contributed by atoms with Gasteiger partial charge in [-0.15, -0.1) is 13.2 Å². The monoisotopic (exact) mass is 480 g/mol. The Balaban J connectivity index is 1.21. The maximum atomic E-state index is 13.1. The van der Waals surface area contributed by atoms with Gasteiger partial charge in [-0.1, -0.05) is 42.5 Å². The molecule has 9 heteroatoms. The van der Waals surface area contributed by atoms with Gasteiger partial charge in [-0.2, -0.15) is 0 Å². The number of carbonyl (C=O) groups is 1. The van der Waals surface area contributed by atoms with Gasteiger partial charge in [0.15, 0.2) is 0 Å². The molecular weight excluding hydrogens is 457 g/mol. The van der Waals surface area contributed by atoms with E-state index < -0.39 is 6.36 Å². The van der Waals surface area contributed by atoms with Gasteiger partial charge in [0.2, 0.25) is 0 Å². The number of H-pyrrole nitrogens is 1. The minimum absolute atomic E-state index is 0.0589. The first-order chi connectivity index (χ1) is 16.8. The van der Waals surface area contributed by atoms with Gasteiger partial charge in [0.1, 0.15) is 11.6 Å². The first-order valence-corrected chi connectivity index (χ1v) is 11.3. The van der Waals surface area contributed by atoms with E-state index in [2.05, 4.69) is 19.6 Å². The predicted octanol–water partition coefficient (Wildman–Crippen LogP) is 5.09. The quantitative estimate of drug-likeness (QED) is 0.433. The lowest BCUT2D eigenvalue weighted by Gasteiger charge is -2.34. The molecule has 1 fully saturated rings. The predicted molar refractivity (Wildman–Crippen MR) is 126 cm³/mol. The molecule has 0 unspecified atom stereocenters. The molecule has 0 bridgehead atoms. The second kappa shape index (κ2) is 9.42. The number of rotatable bonds is 5. The van der Waals surface area contributed by atoms with Gasteiger partial charge < -0.3 is 14.6 Å². The summed E-state index contributed by atoms with van der Waals surface area (Å²) in [6, 6.07) is 21.3. The number of benzene rings is 3. The lowest BCUT2D eigenvalue weighted by Crippen LogP contribution is -2.48. The lowest BCUT2D eigenvalue weighted by atomic mass is 10.1. The second-order valence-electron chi connectivity index (χ2n) is 8.45. The van der Waals surface area contributed by atoms with Crippen LogP contribution in [0, 0.1) is 0 Å². The molecule has 1 aliphatic rings. The van der Waals surface area contributed by atoms with Gasteiger partial charge in [-0.3, -0.25) is 9.69 Å². The Hall–Kier alpha value is -3.85. The average Bonchev–Trinajstić information content (AvgIpc) is 3.27. The Morgan fingerprint density at radius 3 is 2.46 bits per heavy atom. The summed E-state index contributed by atoms with van der Waals surface area (Å²) in [4.78, 5) is 24.9. The normalized spacial score (nSPS) is 14.9. The lowest BCUT2D eigenvalue weighted by molar-refractivity contribution is -0.274. The van der Waals surface area contributed by atoms with Crippen LogP contribution in [0.15, 0.2) is 72.8 Å². The van der Waals surface area contributed by atoms with Gasteiger partial charge >= 0.3 is 6.36 Å². The number of hydrogen-bond acceptors (Lipinski definition) is 4. The van der Waals surface area contributed by atoms with Gasteiger partial charge in [-0.25, -0.2) is 4.98 Å². The number of aromatic amines is 1. The number of halogens is 3. The molecule has 1 saturated heterocycles. The van der Waals surface area contributed by atoms with Crippen molar-refractivity contribution in [1.29, 1.82) is 0 Å². The summed E-state index contributed by atoms with van der Waals surface area (Å²) in [6.45, 7) is 2.80. The maximum Gasteiger partial charge on any atom is 0.573 e. The Bertz CT molecular complexity index is 1330. The molecule has 0 saturated carbocycles. The summed E-state index contributed by atoms with van der Waals surface area (Å²) >= 11 is 0. The van der Waals surface area contributed by atoms with Gasteiger partial charge in [0.05, 0.1) is 11.0 Å². The smallest absolute Gasteiger partial charge is 0.406 e. The summed E-state index contributed by atoms with van der Waals surface area (Å²) in [5, 5.41) is 0. The van der Waals surface area contributed by atoms with Crippen molar-refractivity contribution in [1.82, 2.24) is 19.8 Å². The Kier molecular flexibility index (Phi) is 6.17. The number of alkyl halides is 3. The summed E-state index contributed by atoms with van der Waals surface area (Å²) in [5.41, 5.74) is 3.87. The van der Waals surface area contributed by atoms with Crippen LogP contribution in [0.25, 0.3) is 22.4 Å². The third-order valence-corrected chi connectivity index (χ3v) is 5.97. The van der Waals surface area contributed by atoms with Crippen LogP contribution >= 0.6 is 0 Å². The Morgan fingerprint density at radius 2 is 1.71 bits per heavy atom. The fourth-order valence-electron chi connectivity index (χ4n) is 4.26. The van der Waals surface area contributed by atoms with Gasteiger partial charge in [-0.05, 0) is 35.9 Å². The van der Waals surface area contributed by atoms with Crippen LogP contribution in [0.2, 0.25) is 0 Å². The SMILES string of the molecule is O=C(c1ccc2[nH]c(-c3ccccc3)nc2c1)N1CCN(Cc2cccc(OC(F)(F)F)c2)CC1. The number of carbonyl (C=O) groups excluding carboxylic acids is 1. The Labute approximate surface area is 199 Å². The minimum atomic E-state index is -4.72. The van der Waals surface area contributed by atoms with Crippen molar-refractivity contribution < 1.29 is 22.7 Å². The molecule has 1 N–H and O–H groups in total. The number of fused-ring (bicyclic) bond motifs is 1. The second-order valence-corrected chi connectivity index (χ2v) is 8.45. The Morgan fingerprint density at radius 1 is 0.943 bits per heavy atom. The van der Waals surface area contributed by atoms with E-state index in [1.807, 2.05) is 36.4 Å². The minimum Gasteiger partial charge on any atom is -0.406 e. The van der Waals surface area contributed by atoms with E-state index in [9.17, 15) is 18.0 Å². The van der Waals surface area contributed by atoms with E-state index >= 15 is 0 Å². The standard InChI is InChI=1S/C26H23F3N4O2/c27-26(28,29)35-21-8-4-5-18(15-21)17-32-11-13-33(14-12-32)25(34)20-9-10-22-23(16-20)31-24(30-22)19-6-2-1-3-7-19/h1-10,15-16H,11-14,17H2,(H,30,31). The molecule has 0 aliphatic carbocycles. The largest absolute Gasteiger partial charge is 0.573 e. The van der Waals surface area contributed by atoms with E-state index in [1.165, 1.54) is 12.1 Å². The van der Waals surface area contributed by atoms with E-state index in [0.29, 0.717) is 38.3 Å². The van der Waals surface area contributed by atoms with E-state index in [1.54, 1.807) is 29.2 Å². The molecule has 0 atom stereocenters. The van der Waals surface area contributed by atoms with Crippen molar-refractivity contribution in [2.75, 3.05) is 26.2 Å². The summed E-state index contributed by atoms with van der Waals surface area (Å²) in [7, 11) is 0. The van der Waals surface area contributed by atoms with Crippen LogP contribution in [-0.4, -0.2) is 58.2 Å². The number of aromatic nitrogens is 2. The van der Waals surface area contributed by atoms with Crippen molar-refractivity contribution in [3.05, 3.63) is 83.9 Å².